The third-order valence-corrected chi connectivity index (χ3v) is 7.25. The van der Waals surface area contributed by atoms with Gasteiger partial charge in [-0.25, -0.2) is 9.37 Å². The zero-order chi connectivity index (χ0) is 19.7. The van der Waals surface area contributed by atoms with Crippen LogP contribution in [0.15, 0.2) is 18.2 Å². The van der Waals surface area contributed by atoms with E-state index in [1.807, 2.05) is 11.8 Å². The smallest absolute Gasteiger partial charge is 0.265 e. The first-order chi connectivity index (χ1) is 13.5. The summed E-state index contributed by atoms with van der Waals surface area (Å²) in [4.78, 5) is 23.0. The maximum absolute atomic E-state index is 13.6. The van der Waals surface area contributed by atoms with Gasteiger partial charge in [0.2, 0.25) is 0 Å². The topological polar surface area (TPSA) is 36.4 Å². The fourth-order valence-electron chi connectivity index (χ4n) is 4.36. The van der Waals surface area contributed by atoms with Crippen LogP contribution in [0.4, 0.5) is 4.39 Å². The summed E-state index contributed by atoms with van der Waals surface area (Å²) in [6.45, 7) is 7.71. The molecule has 2 aromatic rings. The third kappa shape index (κ3) is 3.98. The van der Waals surface area contributed by atoms with Crippen LogP contribution in [-0.2, 0) is 0 Å². The van der Waals surface area contributed by atoms with Gasteiger partial charge in [-0.05, 0) is 76.4 Å². The van der Waals surface area contributed by atoms with Crippen molar-refractivity contribution < 1.29 is 9.18 Å². The standard InChI is InChI=1S/C22H28FN3OS/c1-15-14-17(6-7-19(15)23)21-24-16(2)20(28-21)22(27)26-12-8-18(9-13-26)25-10-4-3-5-11-25/h6-7,14,18H,3-5,8-13H2,1-2H3. The SMILES string of the molecule is Cc1cc(-c2nc(C)c(C(=O)N3CCC(N4CCCCC4)CC3)s2)ccc1F. The van der Waals surface area contributed by atoms with E-state index in [0.29, 0.717) is 16.5 Å². The van der Waals surface area contributed by atoms with Gasteiger partial charge >= 0.3 is 0 Å². The monoisotopic (exact) mass is 401 g/mol. The molecule has 0 unspecified atom stereocenters. The van der Waals surface area contributed by atoms with Crippen LogP contribution in [0.5, 0.6) is 0 Å². The molecule has 150 valence electrons. The highest BCUT2D eigenvalue weighted by Crippen LogP contribution is 2.31. The number of nitrogens with zero attached hydrogens (tertiary/aromatic N) is 3. The number of carbonyl (C=O) groups is 1. The number of thiazole rings is 1. The summed E-state index contributed by atoms with van der Waals surface area (Å²) in [6.07, 6.45) is 6.10. The molecule has 2 saturated heterocycles. The van der Waals surface area contributed by atoms with Crippen LogP contribution in [0.3, 0.4) is 0 Å². The highest BCUT2D eigenvalue weighted by molar-refractivity contribution is 7.17. The van der Waals surface area contributed by atoms with Gasteiger partial charge in [-0.3, -0.25) is 4.79 Å². The lowest BCUT2D eigenvalue weighted by Crippen LogP contribution is -2.48. The minimum absolute atomic E-state index is 0.0946. The molecule has 4 nitrogen and oxygen atoms in total. The zero-order valence-electron chi connectivity index (χ0n) is 16.7. The number of halogens is 1. The molecule has 0 aliphatic carbocycles. The van der Waals surface area contributed by atoms with E-state index in [0.717, 1.165) is 42.2 Å². The Balaban J connectivity index is 1.44. The lowest BCUT2D eigenvalue weighted by molar-refractivity contribution is 0.0593. The zero-order valence-corrected chi connectivity index (χ0v) is 17.5. The van der Waals surface area contributed by atoms with E-state index in [2.05, 4.69) is 9.88 Å². The molecule has 2 aliphatic heterocycles. The second-order valence-electron chi connectivity index (χ2n) is 8.02. The quantitative estimate of drug-likeness (QED) is 0.751. The van der Waals surface area contributed by atoms with Crippen molar-refractivity contribution in [2.45, 2.75) is 52.0 Å². The van der Waals surface area contributed by atoms with Gasteiger partial charge in [-0.2, -0.15) is 0 Å². The van der Waals surface area contributed by atoms with Crippen molar-refractivity contribution in [2.24, 2.45) is 0 Å². The number of benzene rings is 1. The van der Waals surface area contributed by atoms with Gasteiger partial charge in [0.15, 0.2) is 0 Å². The maximum atomic E-state index is 13.6. The minimum atomic E-state index is -0.218. The molecule has 1 amide bonds. The minimum Gasteiger partial charge on any atom is -0.338 e. The Bertz CT molecular complexity index is 851. The molecule has 1 aromatic heterocycles. The van der Waals surface area contributed by atoms with Crippen LogP contribution in [0, 0.1) is 19.7 Å². The van der Waals surface area contributed by atoms with Gasteiger partial charge in [0.05, 0.1) is 5.69 Å². The van der Waals surface area contributed by atoms with Crippen LogP contribution < -0.4 is 0 Å². The third-order valence-electron chi connectivity index (χ3n) is 6.05. The Morgan fingerprint density at radius 3 is 2.50 bits per heavy atom. The summed E-state index contributed by atoms with van der Waals surface area (Å²) in [5, 5.41) is 0.784. The first-order valence-corrected chi connectivity index (χ1v) is 11.1. The average Bonchev–Trinajstić information content (AvgIpc) is 3.12. The molecule has 2 aliphatic rings. The fraction of sp³-hybridized carbons (Fsp3) is 0.545. The number of likely N-dealkylation sites (tertiary alicyclic amines) is 2. The summed E-state index contributed by atoms with van der Waals surface area (Å²) in [7, 11) is 0. The Morgan fingerprint density at radius 1 is 1.11 bits per heavy atom. The molecule has 0 saturated carbocycles. The molecule has 0 spiro atoms. The van der Waals surface area contributed by atoms with Crippen molar-refractivity contribution >= 4 is 17.2 Å². The van der Waals surface area contributed by atoms with Gasteiger partial charge in [-0.1, -0.05) is 6.42 Å². The van der Waals surface area contributed by atoms with E-state index in [1.165, 1.54) is 49.8 Å². The lowest BCUT2D eigenvalue weighted by atomic mass is 10.00. The fourth-order valence-corrected chi connectivity index (χ4v) is 5.39. The largest absolute Gasteiger partial charge is 0.338 e. The number of hydrogen-bond donors (Lipinski definition) is 0. The molecule has 1 aromatic carbocycles. The van der Waals surface area contributed by atoms with Crippen LogP contribution in [0.2, 0.25) is 0 Å². The summed E-state index contributed by atoms with van der Waals surface area (Å²) in [6, 6.07) is 5.63. The number of carbonyl (C=O) groups excluding carboxylic acids is 1. The molecular weight excluding hydrogens is 373 g/mol. The number of piperidine rings is 2. The number of amides is 1. The summed E-state index contributed by atoms with van der Waals surface area (Å²) in [5.41, 5.74) is 2.23. The second kappa shape index (κ2) is 8.29. The first-order valence-electron chi connectivity index (χ1n) is 10.3. The molecule has 3 heterocycles. The molecule has 4 rings (SSSR count). The van der Waals surface area contributed by atoms with Gasteiger partial charge < -0.3 is 9.80 Å². The van der Waals surface area contributed by atoms with Gasteiger partial charge in [0.1, 0.15) is 15.7 Å². The maximum Gasteiger partial charge on any atom is 0.265 e. The van der Waals surface area contributed by atoms with Crippen molar-refractivity contribution in [3.8, 4) is 10.6 Å². The highest BCUT2D eigenvalue weighted by atomic mass is 32.1. The summed E-state index contributed by atoms with van der Waals surface area (Å²) >= 11 is 1.42. The second-order valence-corrected chi connectivity index (χ2v) is 9.02. The van der Waals surface area contributed by atoms with E-state index in [1.54, 1.807) is 19.1 Å². The molecule has 6 heteroatoms. The van der Waals surface area contributed by atoms with Crippen molar-refractivity contribution in [3.63, 3.8) is 0 Å². The number of aromatic nitrogens is 1. The van der Waals surface area contributed by atoms with Crippen molar-refractivity contribution in [1.29, 1.82) is 0 Å². The van der Waals surface area contributed by atoms with Crippen LogP contribution in [0.25, 0.3) is 10.6 Å². The normalized spacial score (nSPS) is 19.2. The van der Waals surface area contributed by atoms with Crippen LogP contribution in [-0.4, -0.2) is 52.9 Å². The Labute approximate surface area is 170 Å². The van der Waals surface area contributed by atoms with E-state index in [4.69, 9.17) is 0 Å². The van der Waals surface area contributed by atoms with E-state index < -0.39 is 0 Å². The van der Waals surface area contributed by atoms with Crippen LogP contribution >= 0.6 is 11.3 Å². The van der Waals surface area contributed by atoms with Gasteiger partial charge in [0.25, 0.3) is 5.91 Å². The lowest BCUT2D eigenvalue weighted by Gasteiger charge is -2.40. The highest BCUT2D eigenvalue weighted by Gasteiger charge is 2.29. The summed E-state index contributed by atoms with van der Waals surface area (Å²) < 4.78 is 13.6. The van der Waals surface area contributed by atoms with E-state index >= 15 is 0 Å². The van der Waals surface area contributed by atoms with E-state index in [-0.39, 0.29) is 11.7 Å². The van der Waals surface area contributed by atoms with Gasteiger partial charge in [0, 0.05) is 24.7 Å². The predicted octanol–water partition coefficient (Wildman–Crippen LogP) is 4.66. The van der Waals surface area contributed by atoms with Crippen molar-refractivity contribution in [3.05, 3.63) is 40.2 Å². The molecule has 0 N–H and O–H groups in total. The number of aryl methyl sites for hydroxylation is 2. The molecule has 0 bridgehead atoms. The predicted molar refractivity (Wildman–Crippen MR) is 111 cm³/mol. The Kier molecular flexibility index (Phi) is 5.78. The first kappa shape index (κ1) is 19.5. The number of hydrogen-bond acceptors (Lipinski definition) is 4. The molecule has 0 radical (unpaired) electrons. The molecule has 28 heavy (non-hydrogen) atoms. The molecular formula is C22H28FN3OS. The summed E-state index contributed by atoms with van der Waals surface area (Å²) in [5.74, 6) is -0.123. The van der Waals surface area contributed by atoms with Crippen molar-refractivity contribution in [2.75, 3.05) is 26.2 Å². The number of rotatable bonds is 3. The Hall–Kier alpha value is -1.79. The van der Waals surface area contributed by atoms with Crippen molar-refractivity contribution in [1.82, 2.24) is 14.8 Å². The van der Waals surface area contributed by atoms with E-state index in [9.17, 15) is 9.18 Å². The van der Waals surface area contributed by atoms with Crippen LogP contribution in [0.1, 0.15) is 53.0 Å². The average molecular weight is 402 g/mol. The van der Waals surface area contributed by atoms with Gasteiger partial charge in [-0.15, -0.1) is 11.3 Å². The Morgan fingerprint density at radius 2 is 1.82 bits per heavy atom. The molecule has 0 atom stereocenters. The molecule has 2 fully saturated rings.